The molecule has 0 spiro atoms. The number of carbonyl (C=O) groups is 1. The topological polar surface area (TPSA) is 172 Å². The molecule has 0 fully saturated rings. The summed E-state index contributed by atoms with van der Waals surface area (Å²) in [4.78, 5) is 41.0. The summed E-state index contributed by atoms with van der Waals surface area (Å²) in [5.41, 5.74) is 1.68. The SMILES string of the molecule is Cc1c([C@@H]2C=C(C(=O)NCCNc3ccc([N+](=O)[O-])cn3)O[C@H](OCCOCCO)C2)c(=O)n(-c2ccccc2)n1C. The van der Waals surface area contributed by atoms with Gasteiger partial charge in [-0.15, -0.1) is 0 Å². The van der Waals surface area contributed by atoms with Gasteiger partial charge in [0.05, 0.1) is 37.0 Å². The summed E-state index contributed by atoms with van der Waals surface area (Å²) in [6.45, 7) is 2.82. The smallest absolute Gasteiger partial charge is 0.287 e. The number of nitrogens with zero attached hydrogens (tertiary/aromatic N) is 4. The maximum atomic E-state index is 13.7. The van der Waals surface area contributed by atoms with Gasteiger partial charge in [-0.2, -0.15) is 0 Å². The number of amides is 1. The predicted molar refractivity (Wildman–Crippen MR) is 152 cm³/mol. The van der Waals surface area contributed by atoms with Gasteiger partial charge in [0.2, 0.25) is 6.29 Å². The summed E-state index contributed by atoms with van der Waals surface area (Å²) in [5, 5.41) is 25.5. The van der Waals surface area contributed by atoms with Gasteiger partial charge in [-0.3, -0.25) is 24.4 Å². The van der Waals surface area contributed by atoms with Crippen LogP contribution in [-0.2, 0) is 26.1 Å². The highest BCUT2D eigenvalue weighted by molar-refractivity contribution is 5.91. The van der Waals surface area contributed by atoms with Crippen molar-refractivity contribution in [2.24, 2.45) is 7.05 Å². The number of aromatic nitrogens is 3. The van der Waals surface area contributed by atoms with Gasteiger partial charge in [-0.05, 0) is 31.2 Å². The summed E-state index contributed by atoms with van der Waals surface area (Å²) in [6.07, 6.45) is 2.28. The third kappa shape index (κ3) is 7.40. The van der Waals surface area contributed by atoms with E-state index in [-0.39, 0.29) is 50.0 Å². The van der Waals surface area contributed by atoms with E-state index in [1.54, 1.807) is 15.4 Å². The van der Waals surface area contributed by atoms with Crippen molar-refractivity contribution >= 4 is 17.4 Å². The molecule has 0 aliphatic carbocycles. The van der Waals surface area contributed by atoms with E-state index in [9.17, 15) is 19.7 Å². The van der Waals surface area contributed by atoms with Crippen LogP contribution in [-0.4, -0.2) is 76.1 Å². The molecule has 14 heteroatoms. The number of aliphatic hydroxyl groups excluding tert-OH is 1. The zero-order valence-corrected chi connectivity index (χ0v) is 23.4. The molecule has 3 N–H and O–H groups in total. The molecule has 2 aromatic heterocycles. The third-order valence-electron chi connectivity index (χ3n) is 6.69. The Morgan fingerprint density at radius 1 is 1.19 bits per heavy atom. The number of anilines is 1. The predicted octanol–water partition coefficient (Wildman–Crippen LogP) is 1.76. The lowest BCUT2D eigenvalue weighted by Crippen LogP contribution is -2.36. The minimum Gasteiger partial charge on any atom is -0.459 e. The molecule has 3 heterocycles. The standard InChI is InChI=1S/C28H34N6O8/c1-19-26(28(37)33(32(19)2)21-6-4-3-5-7-21)20-16-23(42-25(17-20)41-15-14-40-13-12-35)27(36)30-11-10-29-24-9-8-22(18-31-24)34(38)39/h3-9,16,18,20,25,35H,10-15,17H2,1-2H3,(H,29,31)(H,30,36)/t20-,25+/m1/s1. The summed E-state index contributed by atoms with van der Waals surface area (Å²) >= 11 is 0. The van der Waals surface area contributed by atoms with Crippen molar-refractivity contribution in [1.29, 1.82) is 0 Å². The minimum absolute atomic E-state index is 0.0231. The van der Waals surface area contributed by atoms with Crippen molar-refractivity contribution in [3.8, 4) is 5.69 Å². The second-order valence-corrected chi connectivity index (χ2v) is 9.44. The Bertz CT molecular complexity index is 1450. The number of rotatable bonds is 14. The monoisotopic (exact) mass is 582 g/mol. The molecule has 4 rings (SSSR count). The van der Waals surface area contributed by atoms with Crippen LogP contribution in [0, 0.1) is 17.0 Å². The van der Waals surface area contributed by atoms with Gasteiger partial charge in [-0.25, -0.2) is 9.67 Å². The first-order chi connectivity index (χ1) is 20.3. The van der Waals surface area contributed by atoms with Crippen molar-refractivity contribution in [3.05, 3.63) is 92.2 Å². The first-order valence-electron chi connectivity index (χ1n) is 13.4. The molecule has 1 aliphatic rings. The number of benzene rings is 1. The second-order valence-electron chi connectivity index (χ2n) is 9.44. The first-order valence-corrected chi connectivity index (χ1v) is 13.4. The zero-order valence-electron chi connectivity index (χ0n) is 23.4. The highest BCUT2D eigenvalue weighted by Gasteiger charge is 2.33. The molecular weight excluding hydrogens is 548 g/mol. The number of para-hydroxylation sites is 1. The molecule has 1 aromatic carbocycles. The molecule has 14 nitrogen and oxygen atoms in total. The molecular formula is C28H34N6O8. The van der Waals surface area contributed by atoms with E-state index in [4.69, 9.17) is 19.3 Å². The quantitative estimate of drug-likeness (QED) is 0.144. The van der Waals surface area contributed by atoms with E-state index in [1.165, 1.54) is 12.1 Å². The van der Waals surface area contributed by atoms with Crippen molar-refractivity contribution in [2.45, 2.75) is 25.6 Å². The normalized spacial score (nSPS) is 16.4. The highest BCUT2D eigenvalue weighted by Crippen LogP contribution is 2.32. The van der Waals surface area contributed by atoms with Crippen LogP contribution in [0.1, 0.15) is 23.6 Å². The van der Waals surface area contributed by atoms with Crippen molar-refractivity contribution in [1.82, 2.24) is 19.7 Å². The van der Waals surface area contributed by atoms with Crippen LogP contribution in [0.25, 0.3) is 5.69 Å². The lowest BCUT2D eigenvalue weighted by atomic mass is 9.93. The summed E-state index contributed by atoms with van der Waals surface area (Å²) < 4.78 is 20.3. The molecule has 0 bridgehead atoms. The Kier molecular flexibility index (Phi) is 10.4. The molecule has 42 heavy (non-hydrogen) atoms. The van der Waals surface area contributed by atoms with E-state index < -0.39 is 23.0 Å². The van der Waals surface area contributed by atoms with Crippen molar-refractivity contribution in [2.75, 3.05) is 44.8 Å². The molecule has 0 saturated carbocycles. The summed E-state index contributed by atoms with van der Waals surface area (Å²) in [6, 6.07) is 12.1. The number of allylic oxidation sites excluding steroid dienone is 1. The summed E-state index contributed by atoms with van der Waals surface area (Å²) in [7, 11) is 1.81. The van der Waals surface area contributed by atoms with Crippen molar-refractivity contribution in [3.63, 3.8) is 0 Å². The maximum absolute atomic E-state index is 13.7. The fourth-order valence-corrected chi connectivity index (χ4v) is 4.59. The lowest BCUT2D eigenvalue weighted by Gasteiger charge is -2.29. The number of aliphatic hydroxyl groups is 1. The second kappa shape index (κ2) is 14.4. The fraction of sp³-hybridized carbons (Fsp3) is 0.393. The van der Waals surface area contributed by atoms with Crippen LogP contribution in [0.15, 0.2) is 65.3 Å². The number of pyridine rings is 1. The molecule has 3 aromatic rings. The first kappa shape index (κ1) is 30.4. The number of nitro groups is 1. The molecule has 0 radical (unpaired) electrons. The van der Waals surface area contributed by atoms with E-state index >= 15 is 0 Å². The van der Waals surface area contributed by atoms with Gasteiger partial charge in [0.15, 0.2) is 5.76 Å². The molecule has 1 amide bonds. The van der Waals surface area contributed by atoms with Crippen molar-refractivity contribution < 1.29 is 29.0 Å². The highest BCUT2D eigenvalue weighted by atomic mass is 16.7. The number of carbonyl (C=O) groups excluding carboxylic acids is 1. The van der Waals surface area contributed by atoms with Gasteiger partial charge >= 0.3 is 0 Å². The van der Waals surface area contributed by atoms with Crippen LogP contribution < -0.4 is 16.2 Å². The van der Waals surface area contributed by atoms with Gasteiger partial charge < -0.3 is 30.0 Å². The zero-order chi connectivity index (χ0) is 30.1. The fourth-order valence-electron chi connectivity index (χ4n) is 4.59. The number of ether oxygens (including phenoxy) is 3. The lowest BCUT2D eigenvalue weighted by molar-refractivity contribution is -0.385. The average Bonchev–Trinajstić information content (AvgIpc) is 3.22. The van der Waals surface area contributed by atoms with Gasteiger partial charge in [0.1, 0.15) is 12.0 Å². The largest absolute Gasteiger partial charge is 0.459 e. The van der Waals surface area contributed by atoms with E-state index in [0.717, 1.165) is 17.6 Å². The van der Waals surface area contributed by atoms with Crippen LogP contribution in [0.5, 0.6) is 0 Å². The van der Waals surface area contributed by atoms with E-state index in [2.05, 4.69) is 15.6 Å². The van der Waals surface area contributed by atoms with E-state index in [1.807, 2.05) is 44.3 Å². The molecule has 1 aliphatic heterocycles. The Morgan fingerprint density at radius 3 is 2.67 bits per heavy atom. The number of hydrogen-bond donors (Lipinski definition) is 3. The van der Waals surface area contributed by atoms with E-state index in [0.29, 0.717) is 24.3 Å². The Balaban J connectivity index is 1.48. The maximum Gasteiger partial charge on any atom is 0.287 e. The third-order valence-corrected chi connectivity index (χ3v) is 6.69. The van der Waals surface area contributed by atoms with Crippen LogP contribution in [0.4, 0.5) is 11.5 Å². The van der Waals surface area contributed by atoms with Crippen LogP contribution in [0.2, 0.25) is 0 Å². The van der Waals surface area contributed by atoms with Gasteiger partial charge in [-0.1, -0.05) is 18.2 Å². The molecule has 0 saturated heterocycles. The number of hydrogen-bond acceptors (Lipinski definition) is 10. The molecule has 224 valence electrons. The molecule has 2 atom stereocenters. The van der Waals surface area contributed by atoms with Gasteiger partial charge in [0.25, 0.3) is 17.2 Å². The van der Waals surface area contributed by atoms with Gasteiger partial charge in [0, 0.05) is 49.8 Å². The summed E-state index contributed by atoms with van der Waals surface area (Å²) in [5.74, 6) is -0.502. The molecule has 0 unspecified atom stereocenters. The number of nitrogens with one attached hydrogen (secondary N) is 2. The Morgan fingerprint density at radius 2 is 1.98 bits per heavy atom. The Hall–Kier alpha value is -4.53. The Labute approximate surface area is 241 Å². The van der Waals surface area contributed by atoms with Crippen LogP contribution >= 0.6 is 0 Å². The average molecular weight is 583 g/mol. The minimum atomic E-state index is -0.815. The van der Waals surface area contributed by atoms with Crippen LogP contribution in [0.3, 0.4) is 0 Å².